The minimum absolute atomic E-state index is 0.169. The molecular weight excluding hydrogens is 386 g/mol. The van der Waals surface area contributed by atoms with Gasteiger partial charge in [-0.3, -0.25) is 14.5 Å². The number of rotatable bonds is 5. The zero-order valence-electron chi connectivity index (χ0n) is 16.6. The Labute approximate surface area is 173 Å². The summed E-state index contributed by atoms with van der Waals surface area (Å²) in [6, 6.07) is 12.7. The number of nitrogens with zero attached hydrogens (tertiary/aromatic N) is 1. The van der Waals surface area contributed by atoms with Crippen molar-refractivity contribution in [2.45, 2.75) is 13.0 Å². The van der Waals surface area contributed by atoms with Crippen LogP contribution in [0.5, 0.6) is 5.75 Å². The summed E-state index contributed by atoms with van der Waals surface area (Å²) in [5.74, 6) is 0.330. The molecule has 2 aliphatic rings. The maximum absolute atomic E-state index is 12.4. The van der Waals surface area contributed by atoms with Crippen LogP contribution in [0, 0.1) is 0 Å². The van der Waals surface area contributed by atoms with Gasteiger partial charge in [0.15, 0.2) is 0 Å². The molecule has 3 amide bonds. The molecule has 8 nitrogen and oxygen atoms in total. The average Bonchev–Trinajstić information content (AvgIpc) is 3.26. The fraction of sp³-hybridized carbons (Fsp3) is 0.227. The van der Waals surface area contributed by atoms with E-state index in [9.17, 15) is 14.4 Å². The van der Waals surface area contributed by atoms with Crippen molar-refractivity contribution in [3.05, 3.63) is 53.6 Å². The summed E-state index contributed by atoms with van der Waals surface area (Å²) < 4.78 is 10.5. The average molecular weight is 407 g/mol. The molecule has 0 saturated carbocycles. The van der Waals surface area contributed by atoms with Crippen LogP contribution in [0.15, 0.2) is 42.5 Å². The molecule has 2 aliphatic heterocycles. The highest BCUT2D eigenvalue weighted by Crippen LogP contribution is 2.35. The Hall–Kier alpha value is -3.81. The SMILES string of the molecule is COc1ccc2c(c1)C(=Cc1ccc(N3C[C@H](CNC(C)=O)OC3=O)cc1)C(=O)N2. The first kappa shape index (κ1) is 19.5. The predicted molar refractivity (Wildman–Crippen MR) is 112 cm³/mol. The Bertz CT molecular complexity index is 1050. The van der Waals surface area contributed by atoms with Crippen LogP contribution in [0.3, 0.4) is 0 Å². The highest BCUT2D eigenvalue weighted by molar-refractivity contribution is 6.35. The molecule has 1 saturated heterocycles. The highest BCUT2D eigenvalue weighted by atomic mass is 16.6. The first-order valence-corrected chi connectivity index (χ1v) is 9.48. The van der Waals surface area contributed by atoms with Crippen LogP contribution in [0.4, 0.5) is 16.2 Å². The molecular formula is C22H21N3O5. The number of cyclic esters (lactones) is 1. The second-order valence-corrected chi connectivity index (χ2v) is 7.07. The fourth-order valence-corrected chi connectivity index (χ4v) is 3.45. The van der Waals surface area contributed by atoms with Crippen molar-refractivity contribution in [2.24, 2.45) is 0 Å². The monoisotopic (exact) mass is 407 g/mol. The summed E-state index contributed by atoms with van der Waals surface area (Å²) in [5.41, 5.74) is 3.58. The standard InChI is InChI=1S/C22H21N3O5/c1-13(26)23-11-17-12-25(22(28)30-17)15-5-3-14(4-6-15)9-19-18-10-16(29-2)7-8-20(18)24-21(19)27/h3-10,17H,11-12H2,1-2H3,(H,23,26)(H,24,27)/t17-/m0/s1. The van der Waals surface area contributed by atoms with E-state index in [1.54, 1.807) is 31.4 Å². The third-order valence-corrected chi connectivity index (χ3v) is 4.98. The molecule has 0 bridgehead atoms. The predicted octanol–water partition coefficient (Wildman–Crippen LogP) is 2.65. The van der Waals surface area contributed by atoms with Crippen LogP contribution in [-0.4, -0.2) is 44.2 Å². The van der Waals surface area contributed by atoms with Crippen LogP contribution < -0.4 is 20.3 Å². The van der Waals surface area contributed by atoms with Gasteiger partial charge in [0.05, 0.1) is 20.2 Å². The van der Waals surface area contributed by atoms with Crippen LogP contribution in [-0.2, 0) is 14.3 Å². The number of ether oxygens (including phenoxy) is 2. The van der Waals surface area contributed by atoms with E-state index < -0.39 is 12.2 Å². The zero-order valence-corrected chi connectivity index (χ0v) is 16.6. The van der Waals surface area contributed by atoms with Gasteiger partial charge < -0.3 is 20.1 Å². The maximum atomic E-state index is 12.4. The molecule has 4 rings (SSSR count). The Morgan fingerprint density at radius 3 is 2.73 bits per heavy atom. The lowest BCUT2D eigenvalue weighted by atomic mass is 10.0. The Kier molecular flexibility index (Phi) is 5.14. The van der Waals surface area contributed by atoms with E-state index in [4.69, 9.17) is 9.47 Å². The van der Waals surface area contributed by atoms with Crippen molar-refractivity contribution in [1.29, 1.82) is 0 Å². The van der Waals surface area contributed by atoms with E-state index in [0.29, 0.717) is 23.6 Å². The van der Waals surface area contributed by atoms with Gasteiger partial charge in [-0.05, 0) is 42.0 Å². The summed E-state index contributed by atoms with van der Waals surface area (Å²) in [6.07, 6.45) is 0.955. The molecule has 0 unspecified atom stereocenters. The van der Waals surface area contributed by atoms with Crippen molar-refractivity contribution in [2.75, 3.05) is 30.4 Å². The number of carbonyl (C=O) groups excluding carboxylic acids is 3. The van der Waals surface area contributed by atoms with Gasteiger partial charge in [-0.1, -0.05) is 12.1 Å². The van der Waals surface area contributed by atoms with Crippen molar-refractivity contribution in [1.82, 2.24) is 5.32 Å². The number of fused-ring (bicyclic) bond motifs is 1. The van der Waals surface area contributed by atoms with Gasteiger partial charge in [0.2, 0.25) is 5.91 Å². The Morgan fingerprint density at radius 2 is 2.03 bits per heavy atom. The molecule has 2 N–H and O–H groups in total. The number of amides is 3. The molecule has 0 spiro atoms. The van der Waals surface area contributed by atoms with Crippen LogP contribution in [0.1, 0.15) is 18.1 Å². The number of hydrogen-bond donors (Lipinski definition) is 2. The summed E-state index contributed by atoms with van der Waals surface area (Å²) in [5, 5.41) is 5.50. The lowest BCUT2D eigenvalue weighted by Crippen LogP contribution is -2.33. The van der Waals surface area contributed by atoms with Crippen LogP contribution >= 0.6 is 0 Å². The summed E-state index contributed by atoms with van der Waals surface area (Å²) in [6.45, 7) is 2.05. The van der Waals surface area contributed by atoms with E-state index in [2.05, 4.69) is 10.6 Å². The molecule has 2 heterocycles. The van der Waals surface area contributed by atoms with Gasteiger partial charge in [-0.25, -0.2) is 4.79 Å². The zero-order chi connectivity index (χ0) is 21.3. The molecule has 2 aromatic carbocycles. The number of hydrogen-bond acceptors (Lipinski definition) is 5. The lowest BCUT2D eigenvalue weighted by Gasteiger charge is -2.13. The maximum Gasteiger partial charge on any atom is 0.414 e. The minimum atomic E-state index is -0.451. The molecule has 0 aromatic heterocycles. The molecule has 8 heteroatoms. The van der Waals surface area contributed by atoms with Gasteiger partial charge in [-0.2, -0.15) is 0 Å². The molecule has 154 valence electrons. The van der Waals surface area contributed by atoms with Crippen molar-refractivity contribution in [3.8, 4) is 5.75 Å². The molecule has 1 atom stereocenters. The van der Waals surface area contributed by atoms with Gasteiger partial charge in [0.1, 0.15) is 11.9 Å². The first-order chi connectivity index (χ1) is 14.4. The van der Waals surface area contributed by atoms with E-state index in [1.807, 2.05) is 24.3 Å². The Morgan fingerprint density at radius 1 is 1.27 bits per heavy atom. The third-order valence-electron chi connectivity index (χ3n) is 4.98. The van der Waals surface area contributed by atoms with Crippen molar-refractivity contribution < 1.29 is 23.9 Å². The fourth-order valence-electron chi connectivity index (χ4n) is 3.45. The number of benzene rings is 2. The normalized spacial score (nSPS) is 18.8. The molecule has 0 radical (unpaired) electrons. The molecule has 0 aliphatic carbocycles. The summed E-state index contributed by atoms with van der Waals surface area (Å²) >= 11 is 0. The van der Waals surface area contributed by atoms with Crippen molar-refractivity contribution in [3.63, 3.8) is 0 Å². The number of carbonyl (C=O) groups is 3. The van der Waals surface area contributed by atoms with Crippen LogP contribution in [0.2, 0.25) is 0 Å². The first-order valence-electron chi connectivity index (χ1n) is 9.48. The van der Waals surface area contributed by atoms with E-state index in [-0.39, 0.29) is 18.4 Å². The van der Waals surface area contributed by atoms with E-state index in [1.165, 1.54) is 11.8 Å². The van der Waals surface area contributed by atoms with E-state index >= 15 is 0 Å². The number of anilines is 2. The highest BCUT2D eigenvalue weighted by Gasteiger charge is 2.32. The smallest absolute Gasteiger partial charge is 0.414 e. The Balaban J connectivity index is 1.52. The molecule has 30 heavy (non-hydrogen) atoms. The quantitative estimate of drug-likeness (QED) is 0.743. The van der Waals surface area contributed by atoms with Gasteiger partial charge in [-0.15, -0.1) is 0 Å². The molecule has 2 aromatic rings. The van der Waals surface area contributed by atoms with Gasteiger partial charge >= 0.3 is 6.09 Å². The number of methoxy groups -OCH3 is 1. The topological polar surface area (TPSA) is 97.0 Å². The summed E-state index contributed by atoms with van der Waals surface area (Å²) in [7, 11) is 1.58. The second-order valence-electron chi connectivity index (χ2n) is 7.07. The molecule has 1 fully saturated rings. The third kappa shape index (κ3) is 3.84. The van der Waals surface area contributed by atoms with Gasteiger partial charge in [0, 0.05) is 29.4 Å². The largest absolute Gasteiger partial charge is 0.497 e. The second kappa shape index (κ2) is 7.90. The van der Waals surface area contributed by atoms with Gasteiger partial charge in [0.25, 0.3) is 5.91 Å². The number of nitrogens with one attached hydrogen (secondary N) is 2. The van der Waals surface area contributed by atoms with E-state index in [0.717, 1.165) is 16.8 Å². The van der Waals surface area contributed by atoms with Crippen LogP contribution in [0.25, 0.3) is 11.6 Å². The minimum Gasteiger partial charge on any atom is -0.497 e. The van der Waals surface area contributed by atoms with Crippen molar-refractivity contribution >= 4 is 40.9 Å². The summed E-state index contributed by atoms with van der Waals surface area (Å²) in [4.78, 5) is 37.1. The lowest BCUT2D eigenvalue weighted by molar-refractivity contribution is -0.119.